The molecule has 0 aromatic carbocycles. The number of fused-ring (bicyclic) bond motifs is 3. The molecule has 0 N–H and O–H groups in total. The third kappa shape index (κ3) is 0.769. The predicted octanol–water partition coefficient (Wildman–Crippen LogP) is 2.79. The molecule has 3 rings (SSSR count). The highest BCUT2D eigenvalue weighted by Gasteiger charge is 2.66. The molecule has 4 atom stereocenters. The van der Waals surface area contributed by atoms with Gasteiger partial charge in [0.25, 0.3) is 0 Å². The van der Waals surface area contributed by atoms with Crippen molar-refractivity contribution < 1.29 is 4.79 Å². The number of carbonyl (C=O) groups excluding carboxylic acids is 1. The van der Waals surface area contributed by atoms with Crippen molar-refractivity contribution >= 4 is 5.78 Å². The molecule has 0 amide bonds. The molecule has 0 heterocycles. The van der Waals surface area contributed by atoms with E-state index in [1.54, 1.807) is 0 Å². The van der Waals surface area contributed by atoms with Gasteiger partial charge >= 0.3 is 0 Å². The molecule has 1 heteroatoms. The smallest absolute Gasteiger partial charge is 0.139 e. The Kier molecular flexibility index (Phi) is 1.24. The van der Waals surface area contributed by atoms with Gasteiger partial charge in [-0.15, -0.1) is 0 Å². The summed E-state index contributed by atoms with van der Waals surface area (Å²) in [6.07, 6.45) is 5.94. The molecule has 1 nitrogen and oxygen atoms in total. The molecule has 0 saturated heterocycles. The SMILES string of the molecule is C[C@@]12C[C@@H]1CC[C@]1(C)C(=O)CC[C@@H]21. The van der Waals surface area contributed by atoms with Gasteiger partial charge in [-0.25, -0.2) is 0 Å². The average Bonchev–Trinajstić information content (AvgIpc) is 2.65. The van der Waals surface area contributed by atoms with Crippen molar-refractivity contribution in [3.63, 3.8) is 0 Å². The molecular weight excluding hydrogens is 160 g/mol. The Morgan fingerprint density at radius 1 is 1.31 bits per heavy atom. The number of Topliss-reactive ketones (excluding diaryl/α,β-unsaturated/α-hetero) is 1. The second kappa shape index (κ2) is 2.02. The van der Waals surface area contributed by atoms with Crippen LogP contribution in [-0.4, -0.2) is 5.78 Å². The highest BCUT2D eigenvalue weighted by atomic mass is 16.1. The van der Waals surface area contributed by atoms with Crippen LogP contribution in [0.5, 0.6) is 0 Å². The summed E-state index contributed by atoms with van der Waals surface area (Å²) in [5, 5.41) is 0. The van der Waals surface area contributed by atoms with Crippen molar-refractivity contribution in [2.45, 2.75) is 46.0 Å². The number of ketones is 1. The van der Waals surface area contributed by atoms with E-state index in [0.29, 0.717) is 11.2 Å². The van der Waals surface area contributed by atoms with Crippen LogP contribution >= 0.6 is 0 Å². The summed E-state index contributed by atoms with van der Waals surface area (Å²) >= 11 is 0. The Morgan fingerprint density at radius 3 is 2.85 bits per heavy atom. The van der Waals surface area contributed by atoms with Gasteiger partial charge in [-0.2, -0.15) is 0 Å². The normalized spacial score (nSPS) is 58.8. The summed E-state index contributed by atoms with van der Waals surface area (Å²) in [5.74, 6) is 2.26. The number of hydrogen-bond acceptors (Lipinski definition) is 1. The highest BCUT2D eigenvalue weighted by Crippen LogP contribution is 2.71. The second-order valence-electron chi connectivity index (χ2n) is 5.88. The summed E-state index contributed by atoms with van der Waals surface area (Å²) in [6.45, 7) is 4.64. The van der Waals surface area contributed by atoms with Crippen LogP contribution in [0.4, 0.5) is 0 Å². The van der Waals surface area contributed by atoms with E-state index in [1.807, 2.05) is 0 Å². The van der Waals surface area contributed by atoms with Crippen molar-refractivity contribution in [2.75, 3.05) is 0 Å². The van der Waals surface area contributed by atoms with Gasteiger partial charge < -0.3 is 0 Å². The minimum Gasteiger partial charge on any atom is -0.299 e. The molecule has 0 radical (unpaired) electrons. The quantitative estimate of drug-likeness (QED) is 0.557. The fourth-order valence-electron chi connectivity index (χ4n) is 4.25. The van der Waals surface area contributed by atoms with E-state index in [-0.39, 0.29) is 5.41 Å². The maximum absolute atomic E-state index is 11.8. The molecule has 13 heavy (non-hydrogen) atoms. The van der Waals surface area contributed by atoms with Gasteiger partial charge in [-0.3, -0.25) is 4.79 Å². The van der Waals surface area contributed by atoms with Crippen LogP contribution in [0.15, 0.2) is 0 Å². The predicted molar refractivity (Wildman–Crippen MR) is 51.3 cm³/mol. The summed E-state index contributed by atoms with van der Waals surface area (Å²) < 4.78 is 0. The standard InChI is InChI=1S/C12H18O/c1-11-6-5-8-7-12(8,2)9(11)3-4-10(11)13/h8-9H,3-7H2,1-2H3/t8-,9+,11-,12+/m0/s1. The molecule has 3 saturated carbocycles. The molecular formula is C12H18O. The summed E-state index contributed by atoms with van der Waals surface area (Å²) in [7, 11) is 0. The average molecular weight is 178 g/mol. The van der Waals surface area contributed by atoms with E-state index < -0.39 is 0 Å². The zero-order chi connectivity index (χ0) is 9.27. The minimum absolute atomic E-state index is 0.0851. The van der Waals surface area contributed by atoms with Gasteiger partial charge in [-0.1, -0.05) is 13.8 Å². The van der Waals surface area contributed by atoms with Crippen molar-refractivity contribution in [1.82, 2.24) is 0 Å². The first-order valence-corrected chi connectivity index (χ1v) is 5.61. The lowest BCUT2D eigenvalue weighted by atomic mass is 9.64. The Morgan fingerprint density at radius 2 is 2.08 bits per heavy atom. The van der Waals surface area contributed by atoms with Gasteiger partial charge in [0.05, 0.1) is 0 Å². The maximum Gasteiger partial charge on any atom is 0.139 e. The maximum atomic E-state index is 11.8. The van der Waals surface area contributed by atoms with E-state index in [9.17, 15) is 4.79 Å². The third-order valence-electron chi connectivity index (χ3n) is 5.33. The van der Waals surface area contributed by atoms with E-state index in [1.165, 1.54) is 25.7 Å². The van der Waals surface area contributed by atoms with Crippen molar-refractivity contribution in [3.05, 3.63) is 0 Å². The summed E-state index contributed by atoms with van der Waals surface area (Å²) in [4.78, 5) is 11.8. The van der Waals surface area contributed by atoms with Crippen LogP contribution in [0, 0.1) is 22.7 Å². The highest BCUT2D eigenvalue weighted by molar-refractivity contribution is 5.87. The van der Waals surface area contributed by atoms with Crippen molar-refractivity contribution in [3.8, 4) is 0 Å². The van der Waals surface area contributed by atoms with E-state index in [4.69, 9.17) is 0 Å². The summed E-state index contributed by atoms with van der Waals surface area (Å²) in [6, 6.07) is 0. The van der Waals surface area contributed by atoms with Gasteiger partial charge in [0.1, 0.15) is 5.78 Å². The molecule has 3 aliphatic rings. The van der Waals surface area contributed by atoms with Crippen LogP contribution in [0.25, 0.3) is 0 Å². The van der Waals surface area contributed by atoms with Gasteiger partial charge in [0, 0.05) is 11.8 Å². The molecule has 0 unspecified atom stereocenters. The molecule has 0 aliphatic heterocycles. The monoisotopic (exact) mass is 178 g/mol. The molecule has 72 valence electrons. The van der Waals surface area contributed by atoms with Crippen LogP contribution in [-0.2, 0) is 4.79 Å². The lowest BCUT2D eigenvalue weighted by molar-refractivity contribution is -0.128. The fourth-order valence-corrected chi connectivity index (χ4v) is 4.25. The third-order valence-corrected chi connectivity index (χ3v) is 5.33. The van der Waals surface area contributed by atoms with Gasteiger partial charge in [0.15, 0.2) is 0 Å². The molecule has 0 aromatic rings. The molecule has 3 aliphatic carbocycles. The Hall–Kier alpha value is -0.330. The first-order chi connectivity index (χ1) is 6.07. The van der Waals surface area contributed by atoms with E-state index in [2.05, 4.69) is 13.8 Å². The van der Waals surface area contributed by atoms with Crippen molar-refractivity contribution in [1.29, 1.82) is 0 Å². The van der Waals surface area contributed by atoms with E-state index >= 15 is 0 Å². The topological polar surface area (TPSA) is 17.1 Å². The fraction of sp³-hybridized carbons (Fsp3) is 0.917. The number of carbonyl (C=O) groups is 1. The first kappa shape index (κ1) is 8.02. The first-order valence-electron chi connectivity index (χ1n) is 5.61. The zero-order valence-corrected chi connectivity index (χ0v) is 8.60. The Balaban J connectivity index is 2.01. The molecule has 0 spiro atoms. The molecule has 0 bridgehead atoms. The molecule has 0 aromatic heterocycles. The number of rotatable bonds is 0. The van der Waals surface area contributed by atoms with Crippen LogP contribution in [0.1, 0.15) is 46.0 Å². The number of hydrogen-bond donors (Lipinski definition) is 0. The lowest BCUT2D eigenvalue weighted by Crippen LogP contribution is -2.37. The second-order valence-corrected chi connectivity index (χ2v) is 5.88. The van der Waals surface area contributed by atoms with E-state index in [0.717, 1.165) is 18.3 Å². The van der Waals surface area contributed by atoms with Gasteiger partial charge in [-0.05, 0) is 42.9 Å². The summed E-state index contributed by atoms with van der Waals surface area (Å²) in [5.41, 5.74) is 0.654. The Bertz CT molecular complexity index is 283. The largest absolute Gasteiger partial charge is 0.299 e. The van der Waals surface area contributed by atoms with Crippen LogP contribution < -0.4 is 0 Å². The zero-order valence-electron chi connectivity index (χ0n) is 8.60. The minimum atomic E-state index is 0.0851. The molecule has 3 fully saturated rings. The van der Waals surface area contributed by atoms with Crippen LogP contribution in [0.3, 0.4) is 0 Å². The van der Waals surface area contributed by atoms with Gasteiger partial charge in [0.2, 0.25) is 0 Å². The van der Waals surface area contributed by atoms with Crippen LogP contribution in [0.2, 0.25) is 0 Å². The lowest BCUT2D eigenvalue weighted by Gasteiger charge is -2.39. The Labute approximate surface area is 79.9 Å². The van der Waals surface area contributed by atoms with Crippen molar-refractivity contribution in [2.24, 2.45) is 22.7 Å².